The highest BCUT2D eigenvalue weighted by molar-refractivity contribution is 6.02. The molecule has 0 saturated heterocycles. The van der Waals surface area contributed by atoms with Gasteiger partial charge in [0.2, 0.25) is 0 Å². The van der Waals surface area contributed by atoms with Crippen LogP contribution in [0.1, 0.15) is 54.6 Å². The predicted molar refractivity (Wildman–Crippen MR) is 164 cm³/mol. The van der Waals surface area contributed by atoms with E-state index in [1.807, 2.05) is 36.4 Å². The smallest absolute Gasteiger partial charge is 0.267 e. The Morgan fingerprint density at radius 2 is 2.00 bits per heavy atom. The maximum Gasteiger partial charge on any atom is 0.267 e. The average molecular weight is 614 g/mol. The maximum atomic E-state index is 14.1. The number of carbonyl (C=O) groups excluding carboxylic acids is 1. The van der Waals surface area contributed by atoms with Gasteiger partial charge in [0.15, 0.2) is 17.2 Å². The van der Waals surface area contributed by atoms with E-state index in [1.165, 1.54) is 6.20 Å². The second-order valence-electron chi connectivity index (χ2n) is 12.4. The number of rotatable bonds is 7. The molecule has 0 radical (unpaired) electrons. The van der Waals surface area contributed by atoms with Crippen LogP contribution in [0.25, 0.3) is 27.9 Å². The molecule has 4 aromatic heterocycles. The van der Waals surface area contributed by atoms with Gasteiger partial charge in [0.25, 0.3) is 11.8 Å². The zero-order chi connectivity index (χ0) is 30.9. The summed E-state index contributed by atoms with van der Waals surface area (Å²) in [4.78, 5) is 25.3. The third kappa shape index (κ3) is 4.57. The van der Waals surface area contributed by atoms with E-state index < -0.39 is 17.9 Å². The molecule has 10 nitrogen and oxygen atoms in total. The van der Waals surface area contributed by atoms with Crippen LogP contribution >= 0.6 is 0 Å². The van der Waals surface area contributed by atoms with Crippen molar-refractivity contribution in [2.75, 3.05) is 25.2 Å². The number of halogens is 2. The lowest BCUT2D eigenvalue weighted by atomic mass is 9.82. The van der Waals surface area contributed by atoms with Crippen molar-refractivity contribution >= 4 is 28.4 Å². The number of nitrogens with zero attached hydrogens (tertiary/aromatic N) is 6. The number of carbonyl (C=O) groups is 1. The molecule has 1 N–H and O–H groups in total. The fourth-order valence-corrected chi connectivity index (χ4v) is 6.74. The van der Waals surface area contributed by atoms with E-state index in [0.717, 1.165) is 40.8 Å². The van der Waals surface area contributed by atoms with Crippen molar-refractivity contribution in [3.63, 3.8) is 0 Å². The van der Waals surface area contributed by atoms with E-state index in [9.17, 15) is 13.6 Å². The quantitative estimate of drug-likeness (QED) is 0.253. The van der Waals surface area contributed by atoms with Gasteiger partial charge in [-0.1, -0.05) is 19.1 Å². The molecule has 12 heteroatoms. The molecule has 8 rings (SSSR count). The first-order valence-corrected chi connectivity index (χ1v) is 15.4. The molecule has 3 aliphatic rings. The van der Waals surface area contributed by atoms with Gasteiger partial charge in [-0.3, -0.25) is 4.79 Å². The van der Waals surface area contributed by atoms with Crippen LogP contribution in [0.15, 0.2) is 55.0 Å². The topological polar surface area (TPSA) is 98.8 Å². The molecule has 1 aromatic carbocycles. The molecule has 0 bridgehead atoms. The summed E-state index contributed by atoms with van der Waals surface area (Å²) in [5.74, 6) is -0.945. The normalized spacial score (nSPS) is 22.0. The van der Waals surface area contributed by atoms with Gasteiger partial charge >= 0.3 is 0 Å². The molecule has 2 fully saturated rings. The summed E-state index contributed by atoms with van der Waals surface area (Å²) >= 11 is 0. The summed E-state index contributed by atoms with van der Waals surface area (Å²) in [6.07, 6.45) is 7.40. The Bertz CT molecular complexity index is 1930. The van der Waals surface area contributed by atoms with E-state index in [4.69, 9.17) is 19.4 Å². The molecule has 1 unspecified atom stereocenters. The average Bonchev–Trinajstić information content (AvgIpc) is 3.63. The van der Waals surface area contributed by atoms with Crippen molar-refractivity contribution in [1.82, 2.24) is 29.5 Å². The standard InChI is InChI=1S/C33H33F2N7O3/c1-19-14-21(15-19)41-18-25(23-4-3-11-36-29(23)41)27-28-32(40(12-13-45-28)17-20-5-7-22(44-2)8-6-20)42-30(39-27)24(16-37-42)31(43)38-26-9-10-33(26,34)35/h3-8,11,16,18-19,21,26H,9-10,12-15,17H2,1-2H3,(H,38,43). The Morgan fingerprint density at radius 3 is 2.71 bits per heavy atom. The number of hydrogen-bond acceptors (Lipinski definition) is 7. The number of methoxy groups -OCH3 is 1. The van der Waals surface area contributed by atoms with Crippen LogP contribution in [-0.4, -0.2) is 62.3 Å². The molecule has 1 amide bonds. The lowest BCUT2D eigenvalue weighted by Gasteiger charge is -2.36. The Labute approximate surface area is 258 Å². The molecule has 2 aliphatic carbocycles. The first kappa shape index (κ1) is 27.8. The summed E-state index contributed by atoms with van der Waals surface area (Å²) < 4.78 is 43.8. The lowest BCUT2D eigenvalue weighted by molar-refractivity contribution is -0.102. The largest absolute Gasteiger partial charge is 0.497 e. The predicted octanol–water partition coefficient (Wildman–Crippen LogP) is 5.65. The molecule has 1 aliphatic heterocycles. The summed E-state index contributed by atoms with van der Waals surface area (Å²) in [7, 11) is 1.63. The second kappa shape index (κ2) is 10.4. The van der Waals surface area contributed by atoms with Crippen LogP contribution in [0.3, 0.4) is 0 Å². The number of pyridine rings is 1. The van der Waals surface area contributed by atoms with Crippen molar-refractivity contribution in [2.45, 2.75) is 57.2 Å². The number of alkyl halides is 2. The minimum absolute atomic E-state index is 0.131. The number of anilines is 1. The summed E-state index contributed by atoms with van der Waals surface area (Å²) in [5.41, 5.74) is 3.71. The fourth-order valence-electron chi connectivity index (χ4n) is 6.74. The van der Waals surface area contributed by atoms with Crippen molar-refractivity contribution in [3.05, 3.63) is 66.1 Å². The monoisotopic (exact) mass is 613 g/mol. The van der Waals surface area contributed by atoms with E-state index in [0.29, 0.717) is 48.9 Å². The number of hydrogen-bond donors (Lipinski definition) is 1. The van der Waals surface area contributed by atoms with Gasteiger partial charge in [-0.15, -0.1) is 0 Å². The van der Waals surface area contributed by atoms with Gasteiger partial charge in [0, 0.05) is 42.4 Å². The Morgan fingerprint density at radius 1 is 1.18 bits per heavy atom. The molecular formula is C33H33F2N7O3. The van der Waals surface area contributed by atoms with Gasteiger partial charge in [-0.2, -0.15) is 9.61 Å². The van der Waals surface area contributed by atoms with Crippen LogP contribution < -0.4 is 19.7 Å². The van der Waals surface area contributed by atoms with Gasteiger partial charge in [-0.05, 0) is 55.0 Å². The zero-order valence-corrected chi connectivity index (χ0v) is 25.0. The van der Waals surface area contributed by atoms with Crippen LogP contribution in [0.5, 0.6) is 11.5 Å². The molecule has 5 aromatic rings. The molecular weight excluding hydrogens is 580 g/mol. The highest BCUT2D eigenvalue weighted by Gasteiger charge is 2.49. The van der Waals surface area contributed by atoms with Crippen LogP contribution in [-0.2, 0) is 6.54 Å². The van der Waals surface area contributed by atoms with Crippen molar-refractivity contribution in [1.29, 1.82) is 0 Å². The van der Waals surface area contributed by atoms with E-state index in [-0.39, 0.29) is 24.1 Å². The highest BCUT2D eigenvalue weighted by Crippen LogP contribution is 2.46. The molecule has 5 heterocycles. The SMILES string of the molecule is COc1ccc(CN2CCOc3c(-c4cn(C5CC(C)C5)c5ncccc45)nc4c(C(=O)NC5CCC5(F)F)cnn4c32)cc1. The first-order valence-electron chi connectivity index (χ1n) is 15.4. The first-order chi connectivity index (χ1) is 21.8. The number of aromatic nitrogens is 5. The molecule has 2 saturated carbocycles. The number of benzene rings is 1. The van der Waals surface area contributed by atoms with Crippen LogP contribution in [0.2, 0.25) is 0 Å². The fraction of sp³-hybridized carbons (Fsp3) is 0.394. The molecule has 1 atom stereocenters. The van der Waals surface area contributed by atoms with Gasteiger partial charge < -0.3 is 24.3 Å². The van der Waals surface area contributed by atoms with Gasteiger partial charge in [0.05, 0.1) is 25.9 Å². The van der Waals surface area contributed by atoms with E-state index >= 15 is 0 Å². The molecule has 45 heavy (non-hydrogen) atoms. The summed E-state index contributed by atoms with van der Waals surface area (Å²) in [6.45, 7) is 3.78. The van der Waals surface area contributed by atoms with Gasteiger partial charge in [-0.25, -0.2) is 18.7 Å². The zero-order valence-electron chi connectivity index (χ0n) is 25.0. The Balaban J connectivity index is 1.29. The van der Waals surface area contributed by atoms with Crippen molar-refractivity contribution in [3.8, 4) is 22.8 Å². The van der Waals surface area contributed by atoms with Crippen LogP contribution in [0, 0.1) is 5.92 Å². The van der Waals surface area contributed by atoms with Crippen LogP contribution in [0.4, 0.5) is 14.6 Å². The maximum absolute atomic E-state index is 14.1. The second-order valence-corrected chi connectivity index (χ2v) is 12.4. The molecule has 0 spiro atoms. The third-order valence-electron chi connectivity index (χ3n) is 9.43. The summed E-state index contributed by atoms with van der Waals surface area (Å²) in [6, 6.07) is 10.9. The van der Waals surface area contributed by atoms with Gasteiger partial charge in [0.1, 0.15) is 29.3 Å². The number of amides is 1. The Kier molecular flexibility index (Phi) is 6.43. The molecule has 232 valence electrons. The number of fused-ring (bicyclic) bond motifs is 4. The number of nitrogens with one attached hydrogen (secondary N) is 1. The minimum atomic E-state index is -2.92. The lowest BCUT2D eigenvalue weighted by Crippen LogP contribution is -2.55. The number of ether oxygens (including phenoxy) is 2. The third-order valence-corrected chi connectivity index (χ3v) is 9.43. The van der Waals surface area contributed by atoms with E-state index in [1.54, 1.807) is 17.8 Å². The minimum Gasteiger partial charge on any atom is -0.497 e. The van der Waals surface area contributed by atoms with E-state index in [2.05, 4.69) is 33.0 Å². The van der Waals surface area contributed by atoms with Crippen molar-refractivity contribution < 1.29 is 23.0 Å². The van der Waals surface area contributed by atoms with Crippen molar-refractivity contribution in [2.24, 2.45) is 5.92 Å². The highest BCUT2D eigenvalue weighted by atomic mass is 19.3. The summed E-state index contributed by atoms with van der Waals surface area (Å²) in [5, 5.41) is 8.01. The Hall–Kier alpha value is -4.74.